The van der Waals surface area contributed by atoms with E-state index in [2.05, 4.69) is 10.1 Å². The number of hydrogen-bond acceptors (Lipinski definition) is 9. The van der Waals surface area contributed by atoms with E-state index >= 15 is 0 Å². The van der Waals surface area contributed by atoms with Gasteiger partial charge in [0.25, 0.3) is 11.4 Å². The molecule has 0 bridgehead atoms. The molecule has 0 aliphatic carbocycles. The number of halogens is 1. The molecule has 0 saturated heterocycles. The van der Waals surface area contributed by atoms with Crippen molar-refractivity contribution < 1.29 is 23.7 Å². The quantitative estimate of drug-likeness (QED) is 0.204. The van der Waals surface area contributed by atoms with Crippen LogP contribution in [-0.4, -0.2) is 27.5 Å². The summed E-state index contributed by atoms with van der Waals surface area (Å²) in [7, 11) is 0. The Kier molecular flexibility index (Phi) is 5.96. The molecule has 0 atom stereocenters. The Bertz CT molecular complexity index is 1600. The molecule has 2 heterocycles. The first-order valence-electron chi connectivity index (χ1n) is 10.3. The first kappa shape index (κ1) is 22.9. The number of ether oxygens (including phenoxy) is 2. The molecule has 5 rings (SSSR count). The van der Waals surface area contributed by atoms with E-state index in [1.807, 2.05) is 0 Å². The molecule has 180 valence electrons. The lowest BCUT2D eigenvalue weighted by molar-refractivity contribution is -0.385. The predicted octanol–water partition coefficient (Wildman–Crippen LogP) is 5.02. The van der Waals surface area contributed by atoms with E-state index in [1.165, 1.54) is 70.8 Å². The largest absolute Gasteiger partial charge is 0.454 e. The molecule has 0 N–H and O–H groups in total. The van der Waals surface area contributed by atoms with E-state index in [4.69, 9.17) is 9.47 Å². The van der Waals surface area contributed by atoms with Gasteiger partial charge in [-0.1, -0.05) is 12.1 Å². The Labute approximate surface area is 205 Å². The zero-order valence-electron chi connectivity index (χ0n) is 18.1. The molecule has 0 saturated carbocycles. The number of hydrogen-bond donors (Lipinski definition) is 0. The Morgan fingerprint density at radius 3 is 2.47 bits per heavy atom. The highest BCUT2D eigenvalue weighted by atomic mass is 32.1. The molecule has 1 aliphatic heterocycles. The van der Waals surface area contributed by atoms with Crippen LogP contribution in [0, 0.1) is 26.0 Å². The number of non-ortho nitro benzene ring substituents is 1. The molecule has 0 amide bonds. The fourth-order valence-electron chi connectivity index (χ4n) is 3.42. The maximum Gasteiger partial charge on any atom is 0.282 e. The van der Waals surface area contributed by atoms with Crippen molar-refractivity contribution in [3.05, 3.63) is 102 Å². The van der Waals surface area contributed by atoms with Crippen LogP contribution in [0.1, 0.15) is 5.56 Å². The van der Waals surface area contributed by atoms with Crippen LogP contribution >= 0.6 is 11.3 Å². The van der Waals surface area contributed by atoms with E-state index in [0.29, 0.717) is 27.5 Å². The second-order valence-electron chi connectivity index (χ2n) is 7.38. The molecule has 3 aromatic carbocycles. The van der Waals surface area contributed by atoms with Crippen LogP contribution in [0.3, 0.4) is 0 Å². The SMILES string of the molecule is O=[N+]([O-])c1cccc(-c2csc(=Nc3ccc(F)cc3)n2N=Cc2cc3c(cc2[N+](=O)[O-])OCO3)c1. The average Bonchev–Trinajstić information content (AvgIpc) is 3.49. The Morgan fingerprint density at radius 2 is 1.75 bits per heavy atom. The summed E-state index contributed by atoms with van der Waals surface area (Å²) in [5, 5.41) is 29.1. The fourth-order valence-corrected chi connectivity index (χ4v) is 4.28. The third-order valence-corrected chi connectivity index (χ3v) is 5.94. The van der Waals surface area contributed by atoms with Crippen molar-refractivity contribution in [2.75, 3.05) is 6.79 Å². The number of aromatic nitrogens is 1. The molecule has 36 heavy (non-hydrogen) atoms. The summed E-state index contributed by atoms with van der Waals surface area (Å²) in [6, 6.07) is 14.2. The van der Waals surface area contributed by atoms with Gasteiger partial charge in [-0.15, -0.1) is 11.3 Å². The zero-order chi connectivity index (χ0) is 25.2. The fraction of sp³-hybridized carbons (Fsp3) is 0.0435. The van der Waals surface area contributed by atoms with E-state index < -0.39 is 15.7 Å². The van der Waals surface area contributed by atoms with Crippen molar-refractivity contribution in [1.82, 2.24) is 4.68 Å². The standard InChI is InChI=1S/C23H14FN5O6S/c24-16-4-6-17(7-5-16)26-23-27(20(12-36-23)14-2-1-3-18(8-14)28(30)31)25-11-15-9-21-22(35-13-34-21)10-19(15)29(32)33/h1-12H,13H2. The lowest BCUT2D eigenvalue weighted by Gasteiger charge is -2.05. The summed E-state index contributed by atoms with van der Waals surface area (Å²) in [5.74, 6) is 0.178. The molecule has 0 spiro atoms. The van der Waals surface area contributed by atoms with Crippen molar-refractivity contribution in [2.45, 2.75) is 0 Å². The minimum atomic E-state index is -0.563. The summed E-state index contributed by atoms with van der Waals surface area (Å²) < 4.78 is 25.3. The lowest BCUT2D eigenvalue weighted by atomic mass is 10.1. The smallest absolute Gasteiger partial charge is 0.282 e. The average molecular weight is 507 g/mol. The Balaban J connectivity index is 1.66. The van der Waals surface area contributed by atoms with Crippen molar-refractivity contribution in [2.24, 2.45) is 10.1 Å². The minimum absolute atomic E-state index is 0.0516. The van der Waals surface area contributed by atoms with Crippen molar-refractivity contribution >= 4 is 34.6 Å². The second kappa shape index (κ2) is 9.38. The van der Waals surface area contributed by atoms with Gasteiger partial charge in [0.1, 0.15) is 5.82 Å². The van der Waals surface area contributed by atoms with E-state index in [-0.39, 0.29) is 29.5 Å². The lowest BCUT2D eigenvalue weighted by Crippen LogP contribution is -2.12. The van der Waals surface area contributed by atoms with E-state index in [1.54, 1.807) is 17.5 Å². The molecule has 4 aromatic rings. The van der Waals surface area contributed by atoms with E-state index in [9.17, 15) is 24.6 Å². The van der Waals surface area contributed by atoms with Crippen LogP contribution in [0.15, 0.2) is 76.1 Å². The van der Waals surface area contributed by atoms with Gasteiger partial charge in [0, 0.05) is 23.1 Å². The highest BCUT2D eigenvalue weighted by Crippen LogP contribution is 2.37. The summed E-state index contributed by atoms with van der Waals surface area (Å²) >= 11 is 1.19. The summed E-state index contributed by atoms with van der Waals surface area (Å²) in [6.45, 7) is -0.0516. The van der Waals surface area contributed by atoms with Crippen LogP contribution in [0.2, 0.25) is 0 Å². The molecule has 1 aliphatic rings. The summed E-state index contributed by atoms with van der Waals surface area (Å²) in [4.78, 5) is 26.7. The number of nitro benzene ring substituents is 2. The van der Waals surface area contributed by atoms with Crippen molar-refractivity contribution in [3.8, 4) is 22.8 Å². The molecular formula is C23H14FN5O6S. The maximum absolute atomic E-state index is 13.3. The highest BCUT2D eigenvalue weighted by Gasteiger charge is 2.23. The summed E-state index contributed by atoms with van der Waals surface area (Å²) in [6.07, 6.45) is 1.28. The molecule has 11 nitrogen and oxygen atoms in total. The van der Waals surface area contributed by atoms with Crippen LogP contribution in [0.25, 0.3) is 11.3 Å². The van der Waals surface area contributed by atoms with Gasteiger partial charge in [0.2, 0.25) is 11.6 Å². The van der Waals surface area contributed by atoms with Gasteiger partial charge >= 0.3 is 0 Å². The molecule has 0 unspecified atom stereocenters. The predicted molar refractivity (Wildman–Crippen MR) is 128 cm³/mol. The normalized spacial score (nSPS) is 12.9. The number of thiazole rings is 1. The van der Waals surface area contributed by atoms with Crippen LogP contribution in [0.5, 0.6) is 11.5 Å². The minimum Gasteiger partial charge on any atom is -0.454 e. The summed E-state index contributed by atoms with van der Waals surface area (Å²) in [5.41, 5.74) is 1.19. The number of nitro groups is 2. The number of nitrogens with zero attached hydrogens (tertiary/aromatic N) is 5. The van der Waals surface area contributed by atoms with Gasteiger partial charge in [-0.05, 0) is 30.3 Å². The van der Waals surface area contributed by atoms with Crippen molar-refractivity contribution in [3.63, 3.8) is 0 Å². The van der Waals surface area contributed by atoms with Gasteiger partial charge in [-0.2, -0.15) is 5.10 Å². The monoisotopic (exact) mass is 507 g/mol. The molecule has 1 aromatic heterocycles. The zero-order valence-corrected chi connectivity index (χ0v) is 18.9. The van der Waals surface area contributed by atoms with Crippen molar-refractivity contribution in [1.29, 1.82) is 0 Å². The second-order valence-corrected chi connectivity index (χ2v) is 8.21. The highest BCUT2D eigenvalue weighted by molar-refractivity contribution is 7.07. The topological polar surface area (TPSA) is 134 Å². The maximum atomic E-state index is 13.3. The third kappa shape index (κ3) is 4.54. The number of benzene rings is 3. The molecule has 0 radical (unpaired) electrons. The first-order chi connectivity index (χ1) is 17.4. The Morgan fingerprint density at radius 1 is 1.00 bits per heavy atom. The van der Waals surface area contributed by atoms with Gasteiger partial charge in [0.15, 0.2) is 11.5 Å². The van der Waals surface area contributed by atoms with Gasteiger partial charge in [0.05, 0.1) is 39.1 Å². The van der Waals surface area contributed by atoms with Gasteiger partial charge < -0.3 is 9.47 Å². The van der Waals surface area contributed by atoms with Gasteiger partial charge in [-0.3, -0.25) is 20.2 Å². The Hall–Kier alpha value is -4.91. The van der Waals surface area contributed by atoms with Crippen LogP contribution < -0.4 is 14.3 Å². The molecule has 0 fully saturated rings. The van der Waals surface area contributed by atoms with Gasteiger partial charge in [-0.25, -0.2) is 14.1 Å². The number of fused-ring (bicyclic) bond motifs is 1. The van der Waals surface area contributed by atoms with Crippen LogP contribution in [0.4, 0.5) is 21.5 Å². The molecule has 13 heteroatoms. The van der Waals surface area contributed by atoms with Crippen LogP contribution in [-0.2, 0) is 0 Å². The van der Waals surface area contributed by atoms with E-state index in [0.717, 1.165) is 0 Å². The first-order valence-corrected chi connectivity index (χ1v) is 11.1. The molecular weight excluding hydrogens is 493 g/mol. The number of rotatable bonds is 6. The third-order valence-electron chi connectivity index (χ3n) is 5.12.